The summed E-state index contributed by atoms with van der Waals surface area (Å²) in [4.78, 5) is 17.6. The van der Waals surface area contributed by atoms with Gasteiger partial charge in [0.25, 0.3) is 5.91 Å². The minimum Gasteiger partial charge on any atom is -0.329 e. The van der Waals surface area contributed by atoms with Crippen LogP contribution in [0.5, 0.6) is 0 Å². The molecular formula is C16H17N5OS. The van der Waals surface area contributed by atoms with Crippen molar-refractivity contribution >= 4 is 22.9 Å². The molecule has 0 saturated carbocycles. The zero-order chi connectivity index (χ0) is 16.2. The van der Waals surface area contributed by atoms with Crippen LogP contribution in [0.2, 0.25) is 0 Å². The van der Waals surface area contributed by atoms with Crippen molar-refractivity contribution in [1.82, 2.24) is 14.8 Å². The highest BCUT2D eigenvalue weighted by Gasteiger charge is 2.17. The van der Waals surface area contributed by atoms with Gasteiger partial charge in [-0.2, -0.15) is 5.10 Å². The molecule has 0 saturated heterocycles. The molecule has 23 heavy (non-hydrogen) atoms. The van der Waals surface area contributed by atoms with Crippen LogP contribution in [0, 0.1) is 6.92 Å². The summed E-state index contributed by atoms with van der Waals surface area (Å²) in [5.41, 5.74) is 10.4. The van der Waals surface area contributed by atoms with Crippen LogP contribution in [0.25, 0.3) is 10.4 Å². The van der Waals surface area contributed by atoms with Gasteiger partial charge in [-0.3, -0.25) is 9.48 Å². The van der Waals surface area contributed by atoms with E-state index in [0.717, 1.165) is 16.0 Å². The third-order valence-corrected chi connectivity index (χ3v) is 4.19. The quantitative estimate of drug-likeness (QED) is 0.754. The molecule has 0 radical (unpaired) electrons. The number of benzene rings is 1. The van der Waals surface area contributed by atoms with Crippen molar-refractivity contribution in [1.29, 1.82) is 0 Å². The topological polar surface area (TPSA) is 85.8 Å². The van der Waals surface area contributed by atoms with E-state index in [9.17, 15) is 4.79 Å². The van der Waals surface area contributed by atoms with E-state index in [1.807, 2.05) is 31.2 Å². The maximum Gasteiger partial charge on any atom is 0.275 e. The van der Waals surface area contributed by atoms with Crippen molar-refractivity contribution in [3.05, 3.63) is 53.4 Å². The van der Waals surface area contributed by atoms with E-state index >= 15 is 0 Å². The van der Waals surface area contributed by atoms with Crippen LogP contribution in [-0.4, -0.2) is 27.2 Å². The van der Waals surface area contributed by atoms with Crippen molar-refractivity contribution in [2.24, 2.45) is 5.73 Å². The van der Waals surface area contributed by atoms with Gasteiger partial charge < -0.3 is 11.1 Å². The van der Waals surface area contributed by atoms with Crippen molar-refractivity contribution in [2.75, 3.05) is 11.9 Å². The molecule has 0 aliphatic carbocycles. The molecule has 118 valence electrons. The third kappa shape index (κ3) is 3.46. The molecule has 1 aromatic carbocycles. The molecule has 0 fully saturated rings. The lowest BCUT2D eigenvalue weighted by Gasteiger charge is -2.04. The summed E-state index contributed by atoms with van der Waals surface area (Å²) in [5.74, 6) is -0.241. The molecule has 0 bridgehead atoms. The van der Waals surface area contributed by atoms with E-state index in [2.05, 4.69) is 15.4 Å². The molecular weight excluding hydrogens is 310 g/mol. The van der Waals surface area contributed by atoms with Crippen LogP contribution in [0.1, 0.15) is 16.1 Å². The van der Waals surface area contributed by atoms with Gasteiger partial charge in [0, 0.05) is 12.7 Å². The van der Waals surface area contributed by atoms with Crippen molar-refractivity contribution in [2.45, 2.75) is 13.5 Å². The normalized spacial score (nSPS) is 10.7. The van der Waals surface area contributed by atoms with E-state index in [-0.39, 0.29) is 5.91 Å². The van der Waals surface area contributed by atoms with Crippen LogP contribution >= 0.6 is 11.3 Å². The van der Waals surface area contributed by atoms with Gasteiger partial charge in [-0.05, 0) is 12.5 Å². The second-order valence-electron chi connectivity index (χ2n) is 5.13. The Morgan fingerprint density at radius 3 is 3.09 bits per heavy atom. The standard InChI is InChI=1S/C16H17N5OS/c1-11-3-2-4-12(7-11)15-14(18-10-23-15)16(22)20-13-8-19-21(9-13)6-5-17/h2-4,7-10H,5-6,17H2,1H3,(H,20,22). The number of rotatable bonds is 5. The highest BCUT2D eigenvalue weighted by Crippen LogP contribution is 2.28. The van der Waals surface area contributed by atoms with Gasteiger partial charge in [-0.15, -0.1) is 11.3 Å². The van der Waals surface area contributed by atoms with Gasteiger partial charge in [0.2, 0.25) is 0 Å². The SMILES string of the molecule is Cc1cccc(-c2scnc2C(=O)Nc2cnn(CCN)c2)c1. The number of carbonyl (C=O) groups is 1. The molecule has 0 atom stereocenters. The van der Waals surface area contributed by atoms with E-state index < -0.39 is 0 Å². The average Bonchev–Trinajstić information content (AvgIpc) is 3.17. The Morgan fingerprint density at radius 1 is 1.43 bits per heavy atom. The molecule has 3 aromatic rings. The van der Waals surface area contributed by atoms with E-state index in [1.54, 1.807) is 22.6 Å². The zero-order valence-corrected chi connectivity index (χ0v) is 13.5. The first-order chi connectivity index (χ1) is 11.2. The summed E-state index contributed by atoms with van der Waals surface area (Å²) in [7, 11) is 0. The number of thiazole rings is 1. The van der Waals surface area contributed by atoms with Gasteiger partial charge in [-0.25, -0.2) is 4.98 Å². The maximum atomic E-state index is 12.5. The molecule has 2 heterocycles. The number of nitrogens with zero attached hydrogens (tertiary/aromatic N) is 3. The van der Waals surface area contributed by atoms with Crippen LogP contribution < -0.4 is 11.1 Å². The van der Waals surface area contributed by atoms with Gasteiger partial charge in [0.15, 0.2) is 0 Å². The monoisotopic (exact) mass is 327 g/mol. The molecule has 0 aliphatic heterocycles. The number of aromatic nitrogens is 3. The molecule has 6 nitrogen and oxygen atoms in total. The third-order valence-electron chi connectivity index (χ3n) is 3.31. The van der Waals surface area contributed by atoms with Crippen molar-refractivity contribution in [3.63, 3.8) is 0 Å². The first-order valence-electron chi connectivity index (χ1n) is 7.22. The number of nitrogens with one attached hydrogen (secondary N) is 1. The first-order valence-corrected chi connectivity index (χ1v) is 8.10. The predicted molar refractivity (Wildman–Crippen MR) is 91.5 cm³/mol. The average molecular weight is 327 g/mol. The minimum atomic E-state index is -0.241. The fraction of sp³-hybridized carbons (Fsp3) is 0.188. The fourth-order valence-electron chi connectivity index (χ4n) is 2.27. The Balaban J connectivity index is 1.82. The fourth-order valence-corrected chi connectivity index (χ4v) is 3.06. The van der Waals surface area contributed by atoms with Gasteiger partial charge >= 0.3 is 0 Å². The molecule has 0 aliphatic rings. The van der Waals surface area contributed by atoms with E-state index in [4.69, 9.17) is 5.73 Å². The largest absolute Gasteiger partial charge is 0.329 e. The summed E-state index contributed by atoms with van der Waals surface area (Å²) >= 11 is 1.45. The molecule has 7 heteroatoms. The number of nitrogens with two attached hydrogens (primary N) is 1. The number of carbonyl (C=O) groups excluding carboxylic acids is 1. The second kappa shape index (κ2) is 6.72. The number of amides is 1. The zero-order valence-electron chi connectivity index (χ0n) is 12.7. The highest BCUT2D eigenvalue weighted by molar-refractivity contribution is 7.13. The van der Waals surface area contributed by atoms with Crippen molar-refractivity contribution in [3.8, 4) is 10.4 Å². The number of hydrogen-bond acceptors (Lipinski definition) is 5. The lowest BCUT2D eigenvalue weighted by molar-refractivity contribution is 0.102. The summed E-state index contributed by atoms with van der Waals surface area (Å²) in [5, 5.41) is 6.97. The summed E-state index contributed by atoms with van der Waals surface area (Å²) in [6.07, 6.45) is 3.36. The van der Waals surface area contributed by atoms with Crippen LogP contribution in [0.3, 0.4) is 0 Å². The predicted octanol–water partition coefficient (Wildman–Crippen LogP) is 2.53. The van der Waals surface area contributed by atoms with Gasteiger partial charge in [-0.1, -0.05) is 29.8 Å². The Kier molecular flexibility index (Phi) is 4.50. The number of hydrogen-bond donors (Lipinski definition) is 2. The molecule has 3 rings (SSSR count). The highest BCUT2D eigenvalue weighted by atomic mass is 32.1. The van der Waals surface area contributed by atoms with E-state index in [1.165, 1.54) is 11.3 Å². The Bertz CT molecular complexity index is 823. The Labute approximate surface area is 138 Å². The first kappa shape index (κ1) is 15.4. The van der Waals surface area contributed by atoms with Crippen LogP contribution in [-0.2, 0) is 6.54 Å². The second-order valence-corrected chi connectivity index (χ2v) is 5.99. The lowest BCUT2D eigenvalue weighted by Crippen LogP contribution is -2.13. The van der Waals surface area contributed by atoms with Gasteiger partial charge in [0.05, 0.1) is 28.8 Å². The Hall–Kier alpha value is -2.51. The minimum absolute atomic E-state index is 0.241. The number of anilines is 1. The Morgan fingerprint density at radius 2 is 2.30 bits per heavy atom. The van der Waals surface area contributed by atoms with Gasteiger partial charge in [0.1, 0.15) is 5.69 Å². The maximum absolute atomic E-state index is 12.5. The molecule has 1 amide bonds. The van der Waals surface area contributed by atoms with Crippen molar-refractivity contribution < 1.29 is 4.79 Å². The molecule has 3 N–H and O–H groups in total. The molecule has 0 spiro atoms. The molecule has 2 aromatic heterocycles. The summed E-state index contributed by atoms with van der Waals surface area (Å²) < 4.78 is 1.69. The summed E-state index contributed by atoms with van der Waals surface area (Å²) in [6, 6.07) is 8.03. The van der Waals surface area contributed by atoms with E-state index in [0.29, 0.717) is 24.5 Å². The van der Waals surface area contributed by atoms with Crippen LogP contribution in [0.4, 0.5) is 5.69 Å². The number of aryl methyl sites for hydroxylation is 1. The smallest absolute Gasteiger partial charge is 0.275 e. The lowest BCUT2D eigenvalue weighted by atomic mass is 10.1. The summed E-state index contributed by atoms with van der Waals surface area (Å²) in [6.45, 7) is 3.13. The molecule has 0 unspecified atom stereocenters. The van der Waals surface area contributed by atoms with Crippen LogP contribution in [0.15, 0.2) is 42.2 Å².